The fourth-order valence-corrected chi connectivity index (χ4v) is 1.40. The Morgan fingerprint density at radius 2 is 1.11 bits per heavy atom. The molecule has 2 aromatic rings. The zero-order valence-corrected chi connectivity index (χ0v) is 11.1. The van der Waals surface area contributed by atoms with Crippen LogP contribution in [0.25, 0.3) is 0 Å². The smallest absolute Gasteiger partial charge is 0.115 e. The number of rotatable bonds is 1. The molecule has 0 aliphatic carbocycles. The molecule has 0 unspecified atom stereocenters. The molecule has 0 radical (unpaired) electrons. The minimum atomic E-state index is 0.329. The minimum absolute atomic E-state index is 0.329. The van der Waals surface area contributed by atoms with Gasteiger partial charge < -0.3 is 10.2 Å². The number of aryl methyl sites for hydroxylation is 1. The summed E-state index contributed by atoms with van der Waals surface area (Å²) >= 11 is 0. The van der Waals surface area contributed by atoms with Crippen LogP contribution in [0.3, 0.4) is 0 Å². The summed E-state index contributed by atoms with van der Waals surface area (Å²) in [5, 5.41) is 17.7. The van der Waals surface area contributed by atoms with Crippen LogP contribution in [-0.2, 0) is 0 Å². The second-order valence-corrected chi connectivity index (χ2v) is 4.58. The molecule has 2 N–H and O–H groups in total. The van der Waals surface area contributed by atoms with E-state index in [0.717, 1.165) is 0 Å². The molecule has 0 bridgehead atoms. The van der Waals surface area contributed by atoms with E-state index in [2.05, 4.69) is 13.8 Å². The molecule has 0 spiro atoms. The third kappa shape index (κ3) is 4.91. The van der Waals surface area contributed by atoms with Gasteiger partial charge in [-0.25, -0.2) is 0 Å². The fraction of sp³-hybridized carbons (Fsp3) is 0.250. The lowest BCUT2D eigenvalue weighted by Crippen LogP contribution is -1.84. The van der Waals surface area contributed by atoms with Crippen LogP contribution in [0.4, 0.5) is 0 Å². The van der Waals surface area contributed by atoms with Gasteiger partial charge >= 0.3 is 0 Å². The molecule has 2 heteroatoms. The molecule has 0 heterocycles. The van der Waals surface area contributed by atoms with E-state index in [1.165, 1.54) is 11.1 Å². The quantitative estimate of drug-likeness (QED) is 0.788. The summed E-state index contributed by atoms with van der Waals surface area (Å²) in [6, 6.07) is 14.4. The molecule has 0 fully saturated rings. The highest BCUT2D eigenvalue weighted by Gasteiger charge is 1.96. The van der Waals surface area contributed by atoms with Crippen molar-refractivity contribution in [2.75, 3.05) is 0 Å². The number of aromatic hydroxyl groups is 2. The first-order valence-electron chi connectivity index (χ1n) is 6.03. The van der Waals surface area contributed by atoms with Crippen LogP contribution >= 0.6 is 0 Å². The summed E-state index contributed by atoms with van der Waals surface area (Å²) in [5.74, 6) is 1.21. The summed E-state index contributed by atoms with van der Waals surface area (Å²) in [5.41, 5.74) is 2.43. The second-order valence-electron chi connectivity index (χ2n) is 4.58. The molecule has 2 rings (SSSR count). The van der Waals surface area contributed by atoms with Crippen molar-refractivity contribution in [2.45, 2.75) is 26.7 Å². The monoisotopic (exact) mass is 244 g/mol. The Labute approximate surface area is 109 Å². The van der Waals surface area contributed by atoms with Crippen molar-refractivity contribution in [1.29, 1.82) is 0 Å². The summed E-state index contributed by atoms with van der Waals surface area (Å²) in [7, 11) is 0. The first-order valence-corrected chi connectivity index (χ1v) is 6.03. The Morgan fingerprint density at radius 3 is 1.44 bits per heavy atom. The highest BCUT2D eigenvalue weighted by Crippen LogP contribution is 2.16. The Hall–Kier alpha value is -1.96. The lowest BCUT2D eigenvalue weighted by Gasteiger charge is -2.03. The summed E-state index contributed by atoms with van der Waals surface area (Å²) < 4.78 is 0. The van der Waals surface area contributed by atoms with Gasteiger partial charge in [0.25, 0.3) is 0 Å². The van der Waals surface area contributed by atoms with E-state index in [4.69, 9.17) is 10.2 Å². The Balaban J connectivity index is 0.000000184. The van der Waals surface area contributed by atoms with Crippen LogP contribution in [0.2, 0.25) is 0 Å². The molecule has 0 amide bonds. The fourth-order valence-electron chi connectivity index (χ4n) is 1.40. The molecule has 96 valence electrons. The predicted molar refractivity (Wildman–Crippen MR) is 75.0 cm³/mol. The lowest BCUT2D eigenvalue weighted by atomic mass is 10.0. The average molecular weight is 244 g/mol. The topological polar surface area (TPSA) is 40.5 Å². The first-order chi connectivity index (χ1) is 8.49. The van der Waals surface area contributed by atoms with Crippen LogP contribution in [0.5, 0.6) is 11.5 Å². The second kappa shape index (κ2) is 6.70. The summed E-state index contributed by atoms with van der Waals surface area (Å²) in [4.78, 5) is 0. The van der Waals surface area contributed by atoms with Gasteiger partial charge in [-0.1, -0.05) is 43.7 Å². The van der Waals surface area contributed by atoms with Crippen LogP contribution < -0.4 is 0 Å². The van der Waals surface area contributed by atoms with Crippen LogP contribution in [0, 0.1) is 6.92 Å². The van der Waals surface area contributed by atoms with Gasteiger partial charge in [0.15, 0.2) is 0 Å². The van der Waals surface area contributed by atoms with Crippen LogP contribution in [-0.4, -0.2) is 10.2 Å². The number of hydrogen-bond acceptors (Lipinski definition) is 2. The number of hydrogen-bond donors (Lipinski definition) is 2. The van der Waals surface area contributed by atoms with Gasteiger partial charge in [0, 0.05) is 0 Å². The Morgan fingerprint density at radius 1 is 0.722 bits per heavy atom. The van der Waals surface area contributed by atoms with Crippen molar-refractivity contribution in [1.82, 2.24) is 0 Å². The van der Waals surface area contributed by atoms with E-state index in [9.17, 15) is 0 Å². The first kappa shape index (κ1) is 14.1. The zero-order chi connectivity index (χ0) is 13.5. The van der Waals surface area contributed by atoms with Crippen molar-refractivity contribution in [3.8, 4) is 11.5 Å². The predicted octanol–water partition coefficient (Wildman–Crippen LogP) is 4.22. The molecule has 18 heavy (non-hydrogen) atoms. The molecule has 0 aliphatic heterocycles. The highest BCUT2D eigenvalue weighted by atomic mass is 16.3. The van der Waals surface area contributed by atoms with E-state index in [1.807, 2.05) is 31.2 Å². The number of benzene rings is 2. The molecule has 0 aliphatic rings. The van der Waals surface area contributed by atoms with Gasteiger partial charge in [0.1, 0.15) is 11.5 Å². The summed E-state index contributed by atoms with van der Waals surface area (Å²) in [6.45, 7) is 6.25. The van der Waals surface area contributed by atoms with Gasteiger partial charge in [0.05, 0.1) is 0 Å². The van der Waals surface area contributed by atoms with E-state index < -0.39 is 0 Å². The summed E-state index contributed by atoms with van der Waals surface area (Å²) in [6.07, 6.45) is 0. The van der Waals surface area contributed by atoms with Gasteiger partial charge in [0.2, 0.25) is 0 Å². The number of phenols is 2. The molecule has 0 atom stereocenters. The normalized spacial score (nSPS) is 9.78. The van der Waals surface area contributed by atoms with Crippen molar-refractivity contribution in [2.24, 2.45) is 0 Å². The zero-order valence-electron chi connectivity index (χ0n) is 11.1. The van der Waals surface area contributed by atoms with E-state index in [-0.39, 0.29) is 0 Å². The van der Waals surface area contributed by atoms with E-state index in [0.29, 0.717) is 17.4 Å². The standard InChI is InChI=1S/C9H12O.C7H8O/c1-7(2)8-3-5-9(10)6-4-8;1-6-2-4-7(8)5-3-6/h3-7,10H,1-2H3;2-5,8H,1H3. The molecule has 0 saturated heterocycles. The third-order valence-electron chi connectivity index (χ3n) is 2.59. The van der Waals surface area contributed by atoms with E-state index >= 15 is 0 Å². The molecular weight excluding hydrogens is 224 g/mol. The van der Waals surface area contributed by atoms with Crippen molar-refractivity contribution < 1.29 is 10.2 Å². The van der Waals surface area contributed by atoms with Crippen LogP contribution in [0.15, 0.2) is 48.5 Å². The van der Waals surface area contributed by atoms with Gasteiger partial charge in [-0.3, -0.25) is 0 Å². The van der Waals surface area contributed by atoms with Gasteiger partial charge in [-0.2, -0.15) is 0 Å². The van der Waals surface area contributed by atoms with Crippen molar-refractivity contribution >= 4 is 0 Å². The van der Waals surface area contributed by atoms with E-state index in [1.54, 1.807) is 24.3 Å². The molecule has 2 aromatic carbocycles. The highest BCUT2D eigenvalue weighted by molar-refractivity contribution is 5.27. The Bertz CT molecular complexity index is 434. The largest absolute Gasteiger partial charge is 0.508 e. The molecule has 2 nitrogen and oxygen atoms in total. The lowest BCUT2D eigenvalue weighted by molar-refractivity contribution is 0.474. The minimum Gasteiger partial charge on any atom is -0.508 e. The number of phenolic OH excluding ortho intramolecular Hbond substituents is 2. The third-order valence-corrected chi connectivity index (χ3v) is 2.59. The maximum Gasteiger partial charge on any atom is 0.115 e. The molecular formula is C16H20O2. The SMILES string of the molecule is CC(C)c1ccc(O)cc1.Cc1ccc(O)cc1. The van der Waals surface area contributed by atoms with Gasteiger partial charge in [-0.05, 0) is 42.7 Å². The maximum atomic E-state index is 8.94. The molecule has 0 saturated carbocycles. The van der Waals surface area contributed by atoms with Gasteiger partial charge in [-0.15, -0.1) is 0 Å². The average Bonchev–Trinajstić information content (AvgIpc) is 2.34. The van der Waals surface area contributed by atoms with Crippen molar-refractivity contribution in [3.05, 3.63) is 59.7 Å². The van der Waals surface area contributed by atoms with Crippen molar-refractivity contribution in [3.63, 3.8) is 0 Å². The maximum absolute atomic E-state index is 8.94. The Kier molecular flexibility index (Phi) is 5.25. The van der Waals surface area contributed by atoms with Crippen LogP contribution in [0.1, 0.15) is 30.9 Å². The molecule has 0 aromatic heterocycles.